The molecule has 76 valence electrons. The predicted octanol–water partition coefficient (Wildman–Crippen LogP) is 1.02. The van der Waals surface area contributed by atoms with E-state index in [1.165, 1.54) is 0 Å². The van der Waals surface area contributed by atoms with Crippen molar-refractivity contribution in [1.29, 1.82) is 0 Å². The molecule has 0 rings (SSSR count). The van der Waals surface area contributed by atoms with Crippen molar-refractivity contribution in [2.24, 2.45) is 0 Å². The summed E-state index contributed by atoms with van der Waals surface area (Å²) in [5.41, 5.74) is 0.956. The van der Waals surface area contributed by atoms with Gasteiger partial charge in [0.2, 0.25) is 0 Å². The van der Waals surface area contributed by atoms with Crippen molar-refractivity contribution in [1.82, 2.24) is 10.2 Å². The lowest BCUT2D eigenvalue weighted by atomic mass is 10.2. The van der Waals surface area contributed by atoms with Crippen molar-refractivity contribution < 1.29 is 4.79 Å². The second-order valence-electron chi connectivity index (χ2n) is 3.54. The highest BCUT2D eigenvalue weighted by molar-refractivity contribution is 5.75. The summed E-state index contributed by atoms with van der Waals surface area (Å²) < 4.78 is 0. The molecular formula is C10H20N2O. The van der Waals surface area contributed by atoms with Crippen molar-refractivity contribution in [3.05, 3.63) is 12.3 Å². The second-order valence-corrected chi connectivity index (χ2v) is 3.54. The van der Waals surface area contributed by atoms with Gasteiger partial charge in [0, 0.05) is 25.2 Å². The molecule has 0 bridgehead atoms. The van der Waals surface area contributed by atoms with E-state index >= 15 is 0 Å². The average molecular weight is 184 g/mol. The maximum atomic E-state index is 10.7. The Kier molecular flexibility index (Phi) is 6.24. The lowest BCUT2D eigenvalue weighted by Gasteiger charge is -2.12. The lowest BCUT2D eigenvalue weighted by molar-refractivity contribution is -0.116. The second kappa shape index (κ2) is 6.66. The number of likely N-dealkylation sites (N-methyl/N-ethyl adjacent to an activating group) is 1. The Morgan fingerprint density at radius 1 is 1.38 bits per heavy atom. The van der Waals surface area contributed by atoms with Crippen LogP contribution in [0.4, 0.5) is 0 Å². The van der Waals surface area contributed by atoms with E-state index in [-0.39, 0.29) is 5.78 Å². The molecule has 0 aliphatic carbocycles. The molecule has 0 fully saturated rings. The fourth-order valence-electron chi connectivity index (χ4n) is 0.872. The normalized spacial score (nSPS) is 10.2. The standard InChI is InChI=1S/C10H20N2O/c1-9(5-6-10(2)13)11-7-8-12(3)4/h11H,1,5-8H2,2-4H3. The molecule has 0 aliphatic heterocycles. The number of carbonyl (C=O) groups is 1. The topological polar surface area (TPSA) is 32.3 Å². The van der Waals surface area contributed by atoms with Crippen LogP contribution in [0.3, 0.4) is 0 Å². The monoisotopic (exact) mass is 184 g/mol. The Hall–Kier alpha value is -0.830. The van der Waals surface area contributed by atoms with Gasteiger partial charge in [-0.3, -0.25) is 0 Å². The van der Waals surface area contributed by atoms with Gasteiger partial charge in [0.05, 0.1) is 0 Å². The maximum Gasteiger partial charge on any atom is 0.130 e. The summed E-state index contributed by atoms with van der Waals surface area (Å²) in [6, 6.07) is 0. The van der Waals surface area contributed by atoms with Gasteiger partial charge in [0.15, 0.2) is 0 Å². The van der Waals surface area contributed by atoms with Gasteiger partial charge in [0.25, 0.3) is 0 Å². The Morgan fingerprint density at radius 3 is 2.46 bits per heavy atom. The number of nitrogens with one attached hydrogen (secondary N) is 1. The van der Waals surface area contributed by atoms with Crippen LogP contribution in [-0.4, -0.2) is 37.9 Å². The van der Waals surface area contributed by atoms with E-state index in [0.717, 1.165) is 25.2 Å². The number of hydrogen-bond acceptors (Lipinski definition) is 3. The molecule has 3 heteroatoms. The molecule has 0 aliphatic rings. The molecule has 0 saturated heterocycles. The minimum Gasteiger partial charge on any atom is -0.388 e. The van der Waals surface area contributed by atoms with Crippen LogP contribution in [-0.2, 0) is 4.79 Å². The molecule has 0 heterocycles. The van der Waals surface area contributed by atoms with Gasteiger partial charge in [-0.25, -0.2) is 0 Å². The highest BCUT2D eigenvalue weighted by atomic mass is 16.1. The molecule has 3 nitrogen and oxygen atoms in total. The zero-order chi connectivity index (χ0) is 10.3. The van der Waals surface area contributed by atoms with Gasteiger partial charge in [-0.05, 0) is 27.4 Å². The van der Waals surface area contributed by atoms with Crippen molar-refractivity contribution in [2.45, 2.75) is 19.8 Å². The van der Waals surface area contributed by atoms with Gasteiger partial charge in [-0.15, -0.1) is 0 Å². The first-order valence-corrected chi connectivity index (χ1v) is 4.58. The fraction of sp³-hybridized carbons (Fsp3) is 0.700. The largest absolute Gasteiger partial charge is 0.388 e. The summed E-state index contributed by atoms with van der Waals surface area (Å²) in [4.78, 5) is 12.8. The third-order valence-corrected chi connectivity index (χ3v) is 1.71. The van der Waals surface area contributed by atoms with Crippen LogP contribution in [0.25, 0.3) is 0 Å². The van der Waals surface area contributed by atoms with E-state index in [9.17, 15) is 4.79 Å². The number of hydrogen-bond donors (Lipinski definition) is 1. The van der Waals surface area contributed by atoms with Crippen LogP contribution in [0, 0.1) is 0 Å². The minimum atomic E-state index is 0.218. The van der Waals surface area contributed by atoms with Gasteiger partial charge >= 0.3 is 0 Å². The number of ketones is 1. The van der Waals surface area contributed by atoms with E-state index in [2.05, 4.69) is 16.8 Å². The number of rotatable bonds is 7. The summed E-state index contributed by atoms with van der Waals surface area (Å²) in [6.45, 7) is 7.32. The molecule has 0 atom stereocenters. The van der Waals surface area contributed by atoms with Crippen LogP contribution >= 0.6 is 0 Å². The van der Waals surface area contributed by atoms with Crippen molar-refractivity contribution in [2.75, 3.05) is 27.2 Å². The van der Waals surface area contributed by atoms with Gasteiger partial charge in [0.1, 0.15) is 5.78 Å². The SMILES string of the molecule is C=C(CCC(C)=O)NCCN(C)C. The molecule has 0 amide bonds. The van der Waals surface area contributed by atoms with Gasteiger partial charge in [-0.2, -0.15) is 0 Å². The van der Waals surface area contributed by atoms with E-state index in [0.29, 0.717) is 6.42 Å². The number of nitrogens with zero attached hydrogens (tertiary/aromatic N) is 1. The minimum absolute atomic E-state index is 0.218. The Bertz CT molecular complexity index is 176. The maximum absolute atomic E-state index is 10.7. The first-order valence-electron chi connectivity index (χ1n) is 4.58. The average Bonchev–Trinajstić information content (AvgIpc) is 2.00. The third-order valence-electron chi connectivity index (χ3n) is 1.71. The van der Waals surface area contributed by atoms with Crippen molar-refractivity contribution in [3.63, 3.8) is 0 Å². The van der Waals surface area contributed by atoms with Crippen LogP contribution < -0.4 is 5.32 Å². The molecule has 0 aromatic rings. The molecule has 1 N–H and O–H groups in total. The predicted molar refractivity (Wildman–Crippen MR) is 55.6 cm³/mol. The van der Waals surface area contributed by atoms with Crippen LogP contribution in [0.5, 0.6) is 0 Å². The Labute approximate surface area is 80.8 Å². The zero-order valence-corrected chi connectivity index (χ0v) is 8.89. The zero-order valence-electron chi connectivity index (χ0n) is 8.89. The molecule has 13 heavy (non-hydrogen) atoms. The molecule has 0 radical (unpaired) electrons. The summed E-state index contributed by atoms with van der Waals surface area (Å²) >= 11 is 0. The highest BCUT2D eigenvalue weighted by Crippen LogP contribution is 1.98. The molecule has 0 unspecified atom stereocenters. The molecule has 0 aromatic heterocycles. The summed E-state index contributed by atoms with van der Waals surface area (Å²) in [7, 11) is 4.06. The number of allylic oxidation sites excluding steroid dienone is 1. The first kappa shape index (κ1) is 12.2. The summed E-state index contributed by atoms with van der Waals surface area (Å²) in [5, 5.41) is 3.18. The van der Waals surface area contributed by atoms with Crippen molar-refractivity contribution >= 4 is 5.78 Å². The van der Waals surface area contributed by atoms with E-state index < -0.39 is 0 Å². The van der Waals surface area contributed by atoms with Crippen molar-refractivity contribution in [3.8, 4) is 0 Å². The Balaban J connectivity index is 3.36. The van der Waals surface area contributed by atoms with E-state index in [1.807, 2.05) is 14.1 Å². The van der Waals surface area contributed by atoms with Gasteiger partial charge < -0.3 is 15.0 Å². The number of Topliss-reactive ketones (excluding diaryl/α,β-unsaturated/α-hetero) is 1. The summed E-state index contributed by atoms with van der Waals surface area (Å²) in [5.74, 6) is 0.218. The molecule has 0 saturated carbocycles. The first-order chi connectivity index (χ1) is 6.02. The number of carbonyl (C=O) groups excluding carboxylic acids is 1. The van der Waals surface area contributed by atoms with Crippen LogP contribution in [0.2, 0.25) is 0 Å². The Morgan fingerprint density at radius 2 is 2.00 bits per heavy atom. The quantitative estimate of drug-likeness (QED) is 0.641. The molecule has 0 spiro atoms. The summed E-state index contributed by atoms with van der Waals surface area (Å²) in [6.07, 6.45) is 1.34. The third kappa shape index (κ3) is 9.08. The van der Waals surface area contributed by atoms with Crippen LogP contribution in [0.15, 0.2) is 12.3 Å². The molecule has 0 aromatic carbocycles. The van der Waals surface area contributed by atoms with Crippen LogP contribution in [0.1, 0.15) is 19.8 Å². The lowest BCUT2D eigenvalue weighted by Crippen LogP contribution is -2.25. The smallest absolute Gasteiger partial charge is 0.130 e. The highest BCUT2D eigenvalue weighted by Gasteiger charge is 1.97. The fourth-order valence-corrected chi connectivity index (χ4v) is 0.872. The van der Waals surface area contributed by atoms with E-state index in [4.69, 9.17) is 0 Å². The molecular weight excluding hydrogens is 164 g/mol. The van der Waals surface area contributed by atoms with E-state index in [1.54, 1.807) is 6.92 Å². The van der Waals surface area contributed by atoms with Gasteiger partial charge in [-0.1, -0.05) is 6.58 Å².